The van der Waals surface area contributed by atoms with E-state index in [1.807, 2.05) is 50.2 Å². The van der Waals surface area contributed by atoms with Crippen molar-refractivity contribution in [3.05, 3.63) is 82.3 Å². The highest BCUT2D eigenvalue weighted by molar-refractivity contribution is 6.31. The van der Waals surface area contributed by atoms with E-state index in [4.69, 9.17) is 32.7 Å². The first-order valence-electron chi connectivity index (χ1n) is 9.22. The van der Waals surface area contributed by atoms with E-state index in [1.54, 1.807) is 30.3 Å². The van der Waals surface area contributed by atoms with Crippen molar-refractivity contribution in [2.75, 3.05) is 5.32 Å². The number of ether oxygens (including phenoxy) is 2. The van der Waals surface area contributed by atoms with Crippen molar-refractivity contribution in [2.24, 2.45) is 0 Å². The van der Waals surface area contributed by atoms with Crippen LogP contribution in [-0.4, -0.2) is 12.0 Å². The van der Waals surface area contributed by atoms with E-state index in [0.29, 0.717) is 39.4 Å². The Morgan fingerprint density at radius 2 is 1.76 bits per heavy atom. The lowest BCUT2D eigenvalue weighted by Crippen LogP contribution is -2.32. The molecule has 1 atom stereocenters. The molecular formula is C23H21Cl2NO3. The molecule has 3 aromatic rings. The Balaban J connectivity index is 1.77. The van der Waals surface area contributed by atoms with Crippen molar-refractivity contribution in [3.8, 4) is 17.2 Å². The van der Waals surface area contributed by atoms with Gasteiger partial charge in [-0.2, -0.15) is 0 Å². The number of nitrogens with one attached hydrogen (secondary N) is 1. The summed E-state index contributed by atoms with van der Waals surface area (Å²) >= 11 is 12.2. The molecule has 0 aliphatic heterocycles. The standard InChI is InChI=1S/C23H21Cl2NO3/c1-3-21(29-18-10-11-19(25)15(2)13-18)23(27)26-20-14-16(24)9-12-22(20)28-17-7-5-4-6-8-17/h4-14,21H,3H2,1-2H3,(H,26,27). The Morgan fingerprint density at radius 3 is 2.45 bits per heavy atom. The fourth-order valence-electron chi connectivity index (χ4n) is 2.69. The maximum Gasteiger partial charge on any atom is 0.265 e. The lowest BCUT2D eigenvalue weighted by molar-refractivity contribution is -0.122. The van der Waals surface area contributed by atoms with Crippen LogP contribution in [-0.2, 0) is 4.79 Å². The van der Waals surface area contributed by atoms with E-state index in [9.17, 15) is 4.79 Å². The molecule has 150 valence electrons. The maximum absolute atomic E-state index is 12.9. The van der Waals surface area contributed by atoms with E-state index < -0.39 is 6.10 Å². The molecular weight excluding hydrogens is 409 g/mol. The number of carbonyl (C=O) groups excluding carboxylic acids is 1. The van der Waals surface area contributed by atoms with Gasteiger partial charge in [0.05, 0.1) is 5.69 Å². The first kappa shape index (κ1) is 21.0. The first-order chi connectivity index (χ1) is 14.0. The number of benzene rings is 3. The lowest BCUT2D eigenvalue weighted by atomic mass is 10.2. The van der Waals surface area contributed by atoms with Gasteiger partial charge in [-0.15, -0.1) is 0 Å². The van der Waals surface area contributed by atoms with Gasteiger partial charge in [0, 0.05) is 10.0 Å². The molecule has 1 N–H and O–H groups in total. The fourth-order valence-corrected chi connectivity index (χ4v) is 2.98. The van der Waals surface area contributed by atoms with Crippen molar-refractivity contribution >= 4 is 34.8 Å². The van der Waals surface area contributed by atoms with Crippen LogP contribution in [0.2, 0.25) is 10.0 Å². The van der Waals surface area contributed by atoms with E-state index >= 15 is 0 Å². The van der Waals surface area contributed by atoms with Crippen LogP contribution in [0.4, 0.5) is 5.69 Å². The summed E-state index contributed by atoms with van der Waals surface area (Å²) in [6.45, 7) is 3.77. The highest BCUT2D eigenvalue weighted by Gasteiger charge is 2.20. The van der Waals surface area contributed by atoms with Gasteiger partial charge in [-0.1, -0.05) is 48.3 Å². The van der Waals surface area contributed by atoms with Gasteiger partial charge in [0.1, 0.15) is 11.5 Å². The number of anilines is 1. The summed E-state index contributed by atoms with van der Waals surface area (Å²) in [5.74, 6) is 1.44. The lowest BCUT2D eigenvalue weighted by Gasteiger charge is -2.19. The summed E-state index contributed by atoms with van der Waals surface area (Å²) in [5.41, 5.74) is 1.36. The van der Waals surface area contributed by atoms with E-state index in [2.05, 4.69) is 5.32 Å². The van der Waals surface area contributed by atoms with Crippen LogP contribution in [0.5, 0.6) is 17.2 Å². The Kier molecular flexibility index (Phi) is 7.02. The first-order valence-corrected chi connectivity index (χ1v) is 9.98. The molecule has 1 amide bonds. The molecule has 0 aliphatic carbocycles. The summed E-state index contributed by atoms with van der Waals surface area (Å²) in [5, 5.41) is 4.01. The average molecular weight is 430 g/mol. The molecule has 0 saturated heterocycles. The minimum absolute atomic E-state index is 0.291. The molecule has 0 radical (unpaired) electrons. The Morgan fingerprint density at radius 1 is 1.00 bits per heavy atom. The van der Waals surface area contributed by atoms with Crippen LogP contribution < -0.4 is 14.8 Å². The van der Waals surface area contributed by atoms with Crippen LogP contribution >= 0.6 is 23.2 Å². The molecule has 3 aromatic carbocycles. The van der Waals surface area contributed by atoms with Gasteiger partial charge < -0.3 is 14.8 Å². The predicted molar refractivity (Wildman–Crippen MR) is 117 cm³/mol. The second kappa shape index (κ2) is 9.68. The number of halogens is 2. The fraction of sp³-hybridized carbons (Fsp3) is 0.174. The van der Waals surface area contributed by atoms with E-state index in [1.165, 1.54) is 0 Å². The second-order valence-electron chi connectivity index (χ2n) is 6.47. The summed E-state index contributed by atoms with van der Waals surface area (Å²) in [6.07, 6.45) is -0.192. The maximum atomic E-state index is 12.9. The normalized spacial score (nSPS) is 11.6. The summed E-state index contributed by atoms with van der Waals surface area (Å²) in [6, 6.07) is 19.7. The number of amides is 1. The van der Waals surface area contributed by atoms with E-state index in [0.717, 1.165) is 5.56 Å². The topological polar surface area (TPSA) is 47.6 Å². The van der Waals surface area contributed by atoms with Gasteiger partial charge >= 0.3 is 0 Å². The minimum Gasteiger partial charge on any atom is -0.481 e. The third-order valence-corrected chi connectivity index (χ3v) is 4.90. The SMILES string of the molecule is CCC(Oc1ccc(Cl)c(C)c1)C(=O)Nc1cc(Cl)ccc1Oc1ccccc1. The largest absolute Gasteiger partial charge is 0.481 e. The molecule has 4 nitrogen and oxygen atoms in total. The average Bonchev–Trinajstić information content (AvgIpc) is 2.71. The van der Waals surface area contributed by atoms with Crippen molar-refractivity contribution in [2.45, 2.75) is 26.4 Å². The van der Waals surface area contributed by atoms with Crippen molar-refractivity contribution < 1.29 is 14.3 Å². The zero-order valence-electron chi connectivity index (χ0n) is 16.1. The highest BCUT2D eigenvalue weighted by Crippen LogP contribution is 2.32. The zero-order valence-corrected chi connectivity index (χ0v) is 17.6. The van der Waals surface area contributed by atoms with Gasteiger partial charge in [0.2, 0.25) is 0 Å². The van der Waals surface area contributed by atoms with Crippen LogP contribution in [0.1, 0.15) is 18.9 Å². The second-order valence-corrected chi connectivity index (χ2v) is 7.31. The van der Waals surface area contributed by atoms with Gasteiger partial charge in [-0.05, 0) is 67.4 Å². The molecule has 0 aliphatic rings. The number of hydrogen-bond donors (Lipinski definition) is 1. The Labute approximate surface area is 180 Å². The molecule has 29 heavy (non-hydrogen) atoms. The molecule has 0 fully saturated rings. The van der Waals surface area contributed by atoms with Crippen LogP contribution in [0.15, 0.2) is 66.7 Å². The number of carbonyl (C=O) groups is 1. The molecule has 0 spiro atoms. The third kappa shape index (κ3) is 5.66. The molecule has 0 aromatic heterocycles. The smallest absolute Gasteiger partial charge is 0.265 e. The molecule has 1 unspecified atom stereocenters. The van der Waals surface area contributed by atoms with Crippen molar-refractivity contribution in [3.63, 3.8) is 0 Å². The summed E-state index contributed by atoms with van der Waals surface area (Å²) in [4.78, 5) is 12.9. The zero-order chi connectivity index (χ0) is 20.8. The number of hydrogen-bond acceptors (Lipinski definition) is 3. The third-order valence-electron chi connectivity index (χ3n) is 4.24. The van der Waals surface area contributed by atoms with E-state index in [-0.39, 0.29) is 5.91 Å². The molecule has 3 rings (SSSR count). The molecule has 6 heteroatoms. The van der Waals surface area contributed by atoms with Crippen LogP contribution in [0.3, 0.4) is 0 Å². The highest BCUT2D eigenvalue weighted by atomic mass is 35.5. The number of rotatable bonds is 7. The number of para-hydroxylation sites is 1. The van der Waals surface area contributed by atoms with Crippen LogP contribution in [0, 0.1) is 6.92 Å². The van der Waals surface area contributed by atoms with Gasteiger partial charge in [-0.25, -0.2) is 0 Å². The molecule has 0 saturated carbocycles. The summed E-state index contributed by atoms with van der Waals surface area (Å²) < 4.78 is 11.8. The molecule has 0 bridgehead atoms. The van der Waals surface area contributed by atoms with Gasteiger partial charge in [0.25, 0.3) is 5.91 Å². The van der Waals surface area contributed by atoms with Crippen LogP contribution in [0.25, 0.3) is 0 Å². The van der Waals surface area contributed by atoms with Crippen molar-refractivity contribution in [1.82, 2.24) is 0 Å². The monoisotopic (exact) mass is 429 g/mol. The predicted octanol–water partition coefficient (Wildman–Crippen LogP) is 6.89. The quantitative estimate of drug-likeness (QED) is 0.444. The van der Waals surface area contributed by atoms with Gasteiger partial charge in [-0.3, -0.25) is 4.79 Å². The Hall–Kier alpha value is -2.69. The minimum atomic E-state index is -0.681. The van der Waals surface area contributed by atoms with Crippen molar-refractivity contribution in [1.29, 1.82) is 0 Å². The number of aryl methyl sites for hydroxylation is 1. The summed E-state index contributed by atoms with van der Waals surface area (Å²) in [7, 11) is 0. The molecule has 0 heterocycles. The van der Waals surface area contributed by atoms with Gasteiger partial charge in [0.15, 0.2) is 11.9 Å². The Bertz CT molecular complexity index is 993.